The number of benzene rings is 2. The average molecular weight is 613 g/mol. The number of amides is 1. The minimum absolute atomic E-state index is 0.0677. The van der Waals surface area contributed by atoms with Gasteiger partial charge in [-0.1, -0.05) is 60.1 Å². The number of hydrogen-bond acceptors (Lipinski definition) is 7. The Balaban J connectivity index is 1.29. The Morgan fingerprint density at radius 3 is 2.48 bits per heavy atom. The van der Waals surface area contributed by atoms with Crippen LogP contribution in [0, 0.1) is 0 Å². The number of rotatable bonds is 14. The number of carbonyl (C=O) groups is 3. The average Bonchev–Trinajstić information content (AvgIpc) is 3.62. The molecular weight excluding hydrogens is 584 g/mol. The highest BCUT2D eigenvalue weighted by Crippen LogP contribution is 2.26. The molecule has 1 amide bonds. The minimum Gasteiger partial charge on any atom is -0.481 e. The fourth-order valence-corrected chi connectivity index (χ4v) is 7.04. The van der Waals surface area contributed by atoms with E-state index in [4.69, 9.17) is 11.6 Å². The van der Waals surface area contributed by atoms with Crippen LogP contribution in [0.3, 0.4) is 0 Å². The maximum absolute atomic E-state index is 12.9. The maximum atomic E-state index is 12.9. The molecule has 0 fully saturated rings. The quantitative estimate of drug-likeness (QED) is 0.162. The van der Waals surface area contributed by atoms with Gasteiger partial charge in [0.1, 0.15) is 0 Å². The molecule has 1 atom stereocenters. The monoisotopic (exact) mass is 612 g/mol. The summed E-state index contributed by atoms with van der Waals surface area (Å²) in [5, 5.41) is 14.6. The zero-order valence-electron chi connectivity index (χ0n) is 21.8. The van der Waals surface area contributed by atoms with Gasteiger partial charge in [-0.05, 0) is 53.4 Å². The number of nitrogens with one attached hydrogen (secondary N) is 1. The third kappa shape index (κ3) is 8.78. The molecule has 6 nitrogen and oxygen atoms in total. The van der Waals surface area contributed by atoms with E-state index in [-0.39, 0.29) is 11.5 Å². The van der Waals surface area contributed by atoms with E-state index < -0.39 is 24.3 Å². The molecule has 0 bridgehead atoms. The maximum Gasteiger partial charge on any atom is 0.305 e. The summed E-state index contributed by atoms with van der Waals surface area (Å²) in [5.41, 5.74) is 3.29. The third-order valence-corrected chi connectivity index (χ3v) is 9.42. The van der Waals surface area contributed by atoms with Crippen LogP contribution in [-0.2, 0) is 28.4 Å². The van der Waals surface area contributed by atoms with Gasteiger partial charge in [0.25, 0.3) is 5.91 Å². The number of carbonyl (C=O) groups excluding carboxylic acids is 2. The van der Waals surface area contributed by atoms with Gasteiger partial charge < -0.3 is 10.4 Å². The lowest BCUT2D eigenvalue weighted by atomic mass is 10.1. The molecule has 4 aromatic rings. The van der Waals surface area contributed by atoms with Crippen LogP contribution in [0.4, 0.5) is 0 Å². The van der Waals surface area contributed by atoms with E-state index >= 15 is 0 Å². The van der Waals surface area contributed by atoms with Crippen molar-refractivity contribution in [2.45, 2.75) is 31.3 Å². The van der Waals surface area contributed by atoms with Crippen molar-refractivity contribution in [3.63, 3.8) is 0 Å². The number of halogens is 1. The largest absolute Gasteiger partial charge is 0.481 e. The minimum atomic E-state index is -1.15. The van der Waals surface area contributed by atoms with Crippen molar-refractivity contribution < 1.29 is 19.5 Å². The molecule has 2 heterocycles. The van der Waals surface area contributed by atoms with Gasteiger partial charge in [0.15, 0.2) is 5.78 Å². The summed E-state index contributed by atoms with van der Waals surface area (Å²) in [4.78, 5) is 42.0. The first-order valence-corrected chi connectivity index (χ1v) is 15.8. The summed E-state index contributed by atoms with van der Waals surface area (Å²) in [6, 6.07) is 22.5. The molecule has 0 saturated carbocycles. The van der Waals surface area contributed by atoms with E-state index in [9.17, 15) is 19.5 Å². The highest BCUT2D eigenvalue weighted by Gasteiger charge is 2.25. The van der Waals surface area contributed by atoms with Crippen molar-refractivity contribution >= 4 is 63.7 Å². The summed E-state index contributed by atoms with van der Waals surface area (Å²) in [5.74, 6) is -1.35. The lowest BCUT2D eigenvalue weighted by molar-refractivity contribution is -0.139. The van der Waals surface area contributed by atoms with Gasteiger partial charge in [-0.15, -0.1) is 34.4 Å². The molecule has 0 unspecified atom stereocenters. The highest BCUT2D eigenvalue weighted by atomic mass is 35.5. The standard InChI is InChI=1S/C30H29ClN2O4S3/c1-33(16-20-8-10-21(11-9-20)27-7-4-14-39-27)17-23-12-13-28(40-23)30(37)32-25(15-29(35)36)26(34)19-38-18-22-5-2-3-6-24(22)31/h2-14,25H,15-19H2,1H3,(H,32,37)(H,35,36)/t25-/m0/s1. The van der Waals surface area contributed by atoms with Crippen LogP contribution in [0.25, 0.3) is 10.4 Å². The molecule has 4 rings (SSSR count). The Morgan fingerprint density at radius 2 is 1.77 bits per heavy atom. The summed E-state index contributed by atoms with van der Waals surface area (Å²) in [6.45, 7) is 1.41. The molecule has 0 spiro atoms. The van der Waals surface area contributed by atoms with Gasteiger partial charge in [0.05, 0.1) is 23.1 Å². The van der Waals surface area contributed by atoms with E-state index in [0.717, 1.165) is 17.0 Å². The molecule has 0 saturated heterocycles. The Hall–Kier alpha value is -2.95. The van der Waals surface area contributed by atoms with Gasteiger partial charge in [-0.2, -0.15) is 0 Å². The lowest BCUT2D eigenvalue weighted by Crippen LogP contribution is -2.43. The summed E-state index contributed by atoms with van der Waals surface area (Å²) in [7, 11) is 2.02. The lowest BCUT2D eigenvalue weighted by Gasteiger charge is -2.16. The molecule has 0 radical (unpaired) electrons. The van der Waals surface area contributed by atoms with Crippen LogP contribution in [0.15, 0.2) is 78.2 Å². The molecule has 40 heavy (non-hydrogen) atoms. The highest BCUT2D eigenvalue weighted by molar-refractivity contribution is 7.99. The second kappa shape index (κ2) is 14.6. The van der Waals surface area contributed by atoms with Crippen molar-refractivity contribution in [3.8, 4) is 10.4 Å². The third-order valence-electron chi connectivity index (χ3n) is 6.06. The van der Waals surface area contributed by atoms with Crippen molar-refractivity contribution in [2.75, 3.05) is 12.8 Å². The van der Waals surface area contributed by atoms with Crippen molar-refractivity contribution in [1.29, 1.82) is 0 Å². The number of Topliss-reactive ketones (excluding diaryl/α,β-unsaturated/α-hetero) is 1. The topological polar surface area (TPSA) is 86.7 Å². The molecule has 0 aliphatic heterocycles. The van der Waals surface area contributed by atoms with E-state index in [1.165, 1.54) is 39.1 Å². The Morgan fingerprint density at radius 1 is 1.00 bits per heavy atom. The van der Waals surface area contributed by atoms with Crippen LogP contribution in [0.2, 0.25) is 5.02 Å². The fraction of sp³-hybridized carbons (Fsp3) is 0.233. The molecular formula is C30H29ClN2O4S3. The molecule has 10 heteroatoms. The summed E-state index contributed by atoms with van der Waals surface area (Å²) < 4.78 is 0. The molecule has 2 aromatic heterocycles. The molecule has 2 aromatic carbocycles. The number of hydrogen-bond donors (Lipinski definition) is 2. The van der Waals surface area contributed by atoms with Crippen LogP contribution >= 0.6 is 46.0 Å². The van der Waals surface area contributed by atoms with E-state index in [1.54, 1.807) is 23.5 Å². The number of ketones is 1. The first kappa shape index (κ1) is 30.0. The first-order valence-electron chi connectivity index (χ1n) is 12.5. The van der Waals surface area contributed by atoms with Gasteiger partial charge >= 0.3 is 5.97 Å². The second-order valence-corrected chi connectivity index (χ2v) is 12.8. The number of aliphatic carboxylic acids is 1. The second-order valence-electron chi connectivity index (χ2n) is 9.29. The van der Waals surface area contributed by atoms with Crippen LogP contribution < -0.4 is 5.32 Å². The summed E-state index contributed by atoms with van der Waals surface area (Å²) in [6.07, 6.45) is -0.469. The number of carboxylic acid groups (broad SMARTS) is 1. The van der Waals surface area contributed by atoms with E-state index in [1.807, 2.05) is 37.4 Å². The van der Waals surface area contributed by atoms with Crippen LogP contribution in [-0.4, -0.2) is 46.5 Å². The van der Waals surface area contributed by atoms with Gasteiger partial charge in [0.2, 0.25) is 0 Å². The predicted molar refractivity (Wildman–Crippen MR) is 165 cm³/mol. The van der Waals surface area contributed by atoms with Crippen LogP contribution in [0.1, 0.15) is 32.1 Å². The predicted octanol–water partition coefficient (Wildman–Crippen LogP) is 6.84. The first-order chi connectivity index (χ1) is 19.3. The van der Waals surface area contributed by atoms with Gasteiger partial charge in [0, 0.05) is 33.6 Å². The SMILES string of the molecule is CN(Cc1ccc(-c2cccs2)cc1)Cc1ccc(C(=O)N[C@@H](CC(=O)O)C(=O)CSCc2ccccc2Cl)s1. The number of thiophene rings is 2. The number of carboxylic acids is 1. The van der Waals surface area contributed by atoms with E-state index in [2.05, 4.69) is 45.9 Å². The normalized spacial score (nSPS) is 11.9. The molecule has 2 N–H and O–H groups in total. The fourth-order valence-electron chi connectivity index (χ4n) is 4.06. The molecule has 0 aliphatic carbocycles. The van der Waals surface area contributed by atoms with Crippen molar-refractivity contribution in [2.24, 2.45) is 0 Å². The number of thioether (sulfide) groups is 1. The van der Waals surface area contributed by atoms with Gasteiger partial charge in [-0.3, -0.25) is 19.3 Å². The van der Waals surface area contributed by atoms with Gasteiger partial charge in [-0.25, -0.2) is 0 Å². The zero-order chi connectivity index (χ0) is 28.5. The number of nitrogens with zero attached hydrogens (tertiary/aromatic N) is 1. The van der Waals surface area contributed by atoms with Crippen LogP contribution in [0.5, 0.6) is 0 Å². The van der Waals surface area contributed by atoms with E-state index in [0.29, 0.717) is 22.2 Å². The smallest absolute Gasteiger partial charge is 0.305 e. The van der Waals surface area contributed by atoms with Crippen molar-refractivity contribution in [1.82, 2.24) is 10.2 Å². The Kier molecular flexibility index (Phi) is 11.0. The Labute approximate surface area is 251 Å². The zero-order valence-corrected chi connectivity index (χ0v) is 25.0. The Bertz CT molecular complexity index is 1440. The van der Waals surface area contributed by atoms with Crippen molar-refractivity contribution in [3.05, 3.63) is 104 Å². The molecule has 208 valence electrons. The molecule has 0 aliphatic rings. The summed E-state index contributed by atoms with van der Waals surface area (Å²) >= 11 is 10.6.